The fraction of sp³-hybridized carbons (Fsp3) is 0.105. The summed E-state index contributed by atoms with van der Waals surface area (Å²) in [5.74, 6) is 1.53. The summed E-state index contributed by atoms with van der Waals surface area (Å²) in [7, 11) is 1.65. The Hall–Kier alpha value is -3.41. The Bertz CT molecular complexity index is 1010. The van der Waals surface area contributed by atoms with Gasteiger partial charge in [-0.25, -0.2) is 14.6 Å². The summed E-state index contributed by atoms with van der Waals surface area (Å²) < 4.78 is 6.99. The van der Waals surface area contributed by atoms with Crippen LogP contribution in [-0.4, -0.2) is 26.9 Å². The predicted octanol–water partition coefficient (Wildman–Crippen LogP) is 3.88. The largest absolute Gasteiger partial charge is 0.497 e. The highest BCUT2D eigenvalue weighted by Gasteiger charge is 2.11. The van der Waals surface area contributed by atoms with Crippen LogP contribution in [0, 0.1) is 6.92 Å². The molecule has 2 heterocycles. The first-order valence-corrected chi connectivity index (χ1v) is 7.91. The number of anilines is 2. The Labute approximate surface area is 145 Å². The summed E-state index contributed by atoms with van der Waals surface area (Å²) in [6, 6.07) is 15.9. The standard InChI is InChI=1S/C19H17N5O/c1-13-3-5-14(6-4-13)23-18-17-11-22-24(19(17)21-12-20-18)15-7-9-16(25-2)10-8-15/h3-12H,1-2H3,(H,20,21,23). The third-order valence-corrected chi connectivity index (χ3v) is 4.00. The van der Waals surface area contributed by atoms with Gasteiger partial charge in [-0.2, -0.15) is 5.10 Å². The van der Waals surface area contributed by atoms with Crippen molar-refractivity contribution in [3.8, 4) is 11.4 Å². The monoisotopic (exact) mass is 331 g/mol. The van der Waals surface area contributed by atoms with E-state index >= 15 is 0 Å². The van der Waals surface area contributed by atoms with Crippen molar-refractivity contribution in [1.82, 2.24) is 19.7 Å². The van der Waals surface area contributed by atoms with Gasteiger partial charge in [0.1, 0.15) is 17.9 Å². The smallest absolute Gasteiger partial charge is 0.168 e. The minimum absolute atomic E-state index is 0.730. The Balaban J connectivity index is 1.73. The minimum Gasteiger partial charge on any atom is -0.497 e. The molecule has 0 aliphatic rings. The predicted molar refractivity (Wildman–Crippen MR) is 97.7 cm³/mol. The van der Waals surface area contributed by atoms with E-state index in [-0.39, 0.29) is 0 Å². The summed E-state index contributed by atoms with van der Waals surface area (Å²) >= 11 is 0. The number of rotatable bonds is 4. The van der Waals surface area contributed by atoms with E-state index in [1.807, 2.05) is 36.4 Å². The molecule has 124 valence electrons. The van der Waals surface area contributed by atoms with Crippen molar-refractivity contribution in [2.45, 2.75) is 6.92 Å². The quantitative estimate of drug-likeness (QED) is 0.615. The highest BCUT2D eigenvalue weighted by atomic mass is 16.5. The fourth-order valence-corrected chi connectivity index (χ4v) is 2.63. The first-order valence-electron chi connectivity index (χ1n) is 7.91. The maximum absolute atomic E-state index is 5.20. The molecule has 0 spiro atoms. The molecule has 6 heteroatoms. The zero-order valence-electron chi connectivity index (χ0n) is 14.0. The summed E-state index contributed by atoms with van der Waals surface area (Å²) in [4.78, 5) is 8.76. The third kappa shape index (κ3) is 2.89. The van der Waals surface area contributed by atoms with Crippen molar-refractivity contribution in [3.63, 3.8) is 0 Å². The van der Waals surface area contributed by atoms with E-state index in [2.05, 4.69) is 39.4 Å². The Morgan fingerprint density at radius 3 is 2.44 bits per heavy atom. The lowest BCUT2D eigenvalue weighted by molar-refractivity contribution is 0.414. The van der Waals surface area contributed by atoms with Crippen molar-refractivity contribution in [2.75, 3.05) is 12.4 Å². The number of hydrogen-bond acceptors (Lipinski definition) is 5. The van der Waals surface area contributed by atoms with Gasteiger partial charge < -0.3 is 10.1 Å². The molecule has 4 rings (SSSR count). The van der Waals surface area contributed by atoms with E-state index in [4.69, 9.17) is 4.74 Å². The molecule has 0 saturated heterocycles. The molecule has 0 aliphatic heterocycles. The summed E-state index contributed by atoms with van der Waals surface area (Å²) in [6.07, 6.45) is 3.32. The van der Waals surface area contributed by atoms with E-state index in [0.717, 1.165) is 34.0 Å². The molecule has 0 bridgehead atoms. The van der Waals surface area contributed by atoms with Gasteiger partial charge >= 0.3 is 0 Å². The lowest BCUT2D eigenvalue weighted by atomic mass is 10.2. The number of fused-ring (bicyclic) bond motifs is 1. The molecule has 2 aromatic carbocycles. The van der Waals surface area contributed by atoms with Gasteiger partial charge in [0, 0.05) is 5.69 Å². The number of benzene rings is 2. The van der Waals surface area contributed by atoms with Gasteiger partial charge in [-0.1, -0.05) is 17.7 Å². The topological polar surface area (TPSA) is 64.9 Å². The molecule has 4 aromatic rings. The third-order valence-electron chi connectivity index (χ3n) is 4.00. The number of methoxy groups -OCH3 is 1. The van der Waals surface area contributed by atoms with Crippen LogP contribution in [0.3, 0.4) is 0 Å². The van der Waals surface area contributed by atoms with Gasteiger partial charge in [0.15, 0.2) is 5.65 Å². The average molecular weight is 331 g/mol. The van der Waals surface area contributed by atoms with E-state index in [1.165, 1.54) is 5.56 Å². The average Bonchev–Trinajstić information content (AvgIpc) is 3.09. The summed E-state index contributed by atoms with van der Waals surface area (Å²) in [5, 5.41) is 8.66. The van der Waals surface area contributed by atoms with E-state index in [1.54, 1.807) is 24.3 Å². The highest BCUT2D eigenvalue weighted by Crippen LogP contribution is 2.25. The van der Waals surface area contributed by atoms with Crippen molar-refractivity contribution < 1.29 is 4.74 Å². The molecule has 0 amide bonds. The minimum atomic E-state index is 0.730. The SMILES string of the molecule is COc1ccc(-n2ncc3c(Nc4ccc(C)cc4)ncnc32)cc1. The van der Waals surface area contributed by atoms with Gasteiger partial charge in [-0.15, -0.1) is 0 Å². The molecular weight excluding hydrogens is 314 g/mol. The molecule has 0 radical (unpaired) electrons. The van der Waals surface area contributed by atoms with Crippen LogP contribution in [0.2, 0.25) is 0 Å². The maximum atomic E-state index is 5.20. The lowest BCUT2D eigenvalue weighted by Gasteiger charge is -2.07. The number of aromatic nitrogens is 4. The van der Waals surface area contributed by atoms with Crippen LogP contribution < -0.4 is 10.1 Å². The molecule has 0 saturated carbocycles. The van der Waals surface area contributed by atoms with Gasteiger partial charge in [0.05, 0.1) is 24.4 Å². The normalized spacial score (nSPS) is 10.8. The van der Waals surface area contributed by atoms with Crippen LogP contribution in [0.4, 0.5) is 11.5 Å². The maximum Gasteiger partial charge on any atom is 0.168 e. The van der Waals surface area contributed by atoms with Gasteiger partial charge in [-0.05, 0) is 43.3 Å². The molecule has 0 fully saturated rings. The Morgan fingerprint density at radius 1 is 0.960 bits per heavy atom. The van der Waals surface area contributed by atoms with Crippen molar-refractivity contribution in [3.05, 3.63) is 66.6 Å². The second kappa shape index (κ2) is 6.24. The van der Waals surface area contributed by atoms with Crippen molar-refractivity contribution in [1.29, 1.82) is 0 Å². The lowest BCUT2D eigenvalue weighted by Crippen LogP contribution is -1.99. The van der Waals surface area contributed by atoms with Crippen molar-refractivity contribution >= 4 is 22.5 Å². The van der Waals surface area contributed by atoms with E-state index < -0.39 is 0 Å². The highest BCUT2D eigenvalue weighted by molar-refractivity contribution is 5.89. The van der Waals surface area contributed by atoms with Crippen LogP contribution >= 0.6 is 0 Å². The van der Waals surface area contributed by atoms with Crippen LogP contribution in [0.15, 0.2) is 61.1 Å². The number of ether oxygens (including phenoxy) is 1. The second-order valence-electron chi connectivity index (χ2n) is 5.70. The van der Waals surface area contributed by atoms with Gasteiger partial charge in [0.2, 0.25) is 0 Å². The van der Waals surface area contributed by atoms with Crippen LogP contribution in [-0.2, 0) is 0 Å². The number of nitrogens with zero attached hydrogens (tertiary/aromatic N) is 4. The van der Waals surface area contributed by atoms with E-state index in [9.17, 15) is 0 Å². The molecule has 0 atom stereocenters. The molecule has 25 heavy (non-hydrogen) atoms. The summed E-state index contributed by atoms with van der Waals surface area (Å²) in [5.41, 5.74) is 3.85. The molecule has 2 aromatic heterocycles. The Kier molecular flexibility index (Phi) is 3.78. The first-order chi connectivity index (χ1) is 12.2. The number of nitrogens with one attached hydrogen (secondary N) is 1. The first kappa shape index (κ1) is 15.1. The zero-order chi connectivity index (χ0) is 17.2. The fourth-order valence-electron chi connectivity index (χ4n) is 2.63. The van der Waals surface area contributed by atoms with Crippen LogP contribution in [0.25, 0.3) is 16.7 Å². The molecule has 0 aliphatic carbocycles. The zero-order valence-corrected chi connectivity index (χ0v) is 14.0. The van der Waals surface area contributed by atoms with Gasteiger partial charge in [-0.3, -0.25) is 0 Å². The molecular formula is C19H17N5O. The Morgan fingerprint density at radius 2 is 1.72 bits per heavy atom. The number of aryl methyl sites for hydroxylation is 1. The van der Waals surface area contributed by atoms with Crippen LogP contribution in [0.5, 0.6) is 5.75 Å². The summed E-state index contributed by atoms with van der Waals surface area (Å²) in [6.45, 7) is 2.06. The molecule has 6 nitrogen and oxygen atoms in total. The van der Waals surface area contributed by atoms with Gasteiger partial charge in [0.25, 0.3) is 0 Å². The van der Waals surface area contributed by atoms with E-state index in [0.29, 0.717) is 0 Å². The van der Waals surface area contributed by atoms with Crippen molar-refractivity contribution in [2.24, 2.45) is 0 Å². The molecule has 1 N–H and O–H groups in total. The number of hydrogen-bond donors (Lipinski definition) is 1. The van der Waals surface area contributed by atoms with Crippen LogP contribution in [0.1, 0.15) is 5.56 Å². The molecule has 0 unspecified atom stereocenters. The second-order valence-corrected chi connectivity index (χ2v) is 5.70.